The summed E-state index contributed by atoms with van der Waals surface area (Å²) in [6.07, 6.45) is 0. The molecule has 4 rings (SSSR count). The summed E-state index contributed by atoms with van der Waals surface area (Å²) in [6, 6.07) is 8.74. The fourth-order valence-electron chi connectivity index (χ4n) is 3.98. The third kappa shape index (κ3) is 3.40. The second-order valence-corrected chi connectivity index (χ2v) is 7.50. The monoisotopic (exact) mass is 463 g/mol. The van der Waals surface area contributed by atoms with Crippen LogP contribution in [0.25, 0.3) is 11.1 Å². The van der Waals surface area contributed by atoms with E-state index in [0.717, 1.165) is 12.1 Å². The SMILES string of the molecule is Cc1cccc(C)c1N=C1c2cc([N+](=O)[O-])cc([N+](=O)[O-])c2-c2c1cc([N+](=O)[O-])cc2[N+](=O)[O-]. The molecule has 0 aliphatic heterocycles. The number of para-hydroxylation sites is 1. The van der Waals surface area contributed by atoms with Gasteiger partial charge in [-0.15, -0.1) is 0 Å². The number of nitro benzene ring substituents is 4. The maximum absolute atomic E-state index is 11.8. The molecular weight excluding hydrogens is 450 g/mol. The molecular formula is C21H13N5O8. The van der Waals surface area contributed by atoms with Gasteiger partial charge in [-0.2, -0.15) is 0 Å². The molecule has 1 aliphatic rings. The molecule has 0 fully saturated rings. The summed E-state index contributed by atoms with van der Waals surface area (Å²) < 4.78 is 0. The third-order valence-corrected chi connectivity index (χ3v) is 5.44. The first-order chi connectivity index (χ1) is 16.0. The van der Waals surface area contributed by atoms with Gasteiger partial charge in [-0.3, -0.25) is 40.5 Å². The van der Waals surface area contributed by atoms with Crippen LogP contribution in [0.1, 0.15) is 22.3 Å². The average molecular weight is 463 g/mol. The highest BCUT2D eigenvalue weighted by molar-refractivity contribution is 6.28. The summed E-state index contributed by atoms with van der Waals surface area (Å²) in [5.41, 5.74) is -1.67. The van der Waals surface area contributed by atoms with Gasteiger partial charge in [0, 0.05) is 23.3 Å². The van der Waals surface area contributed by atoms with E-state index in [-0.39, 0.29) is 28.0 Å². The lowest BCUT2D eigenvalue weighted by atomic mass is 10.0. The maximum atomic E-state index is 11.8. The molecule has 0 saturated heterocycles. The molecule has 0 atom stereocenters. The highest BCUT2D eigenvalue weighted by atomic mass is 16.6. The smallest absolute Gasteiger partial charge is 0.258 e. The zero-order valence-electron chi connectivity index (χ0n) is 17.5. The molecule has 3 aromatic carbocycles. The Labute approximate surface area is 189 Å². The number of rotatable bonds is 5. The molecule has 3 aromatic rings. The maximum Gasteiger partial charge on any atom is 0.285 e. The topological polar surface area (TPSA) is 185 Å². The van der Waals surface area contributed by atoms with Gasteiger partial charge in [-0.1, -0.05) is 18.2 Å². The summed E-state index contributed by atoms with van der Waals surface area (Å²) in [5.74, 6) is 0. The van der Waals surface area contributed by atoms with Crippen molar-refractivity contribution in [2.45, 2.75) is 13.8 Å². The number of aryl methyl sites for hydroxylation is 2. The minimum Gasteiger partial charge on any atom is -0.258 e. The highest BCUT2D eigenvalue weighted by Crippen LogP contribution is 2.50. The number of nitrogens with zero attached hydrogens (tertiary/aromatic N) is 5. The molecule has 0 radical (unpaired) electrons. The lowest BCUT2D eigenvalue weighted by Crippen LogP contribution is -2.02. The minimum atomic E-state index is -0.886. The van der Waals surface area contributed by atoms with Gasteiger partial charge in [-0.05, 0) is 25.0 Å². The number of benzene rings is 3. The van der Waals surface area contributed by atoms with Crippen molar-refractivity contribution in [3.8, 4) is 11.1 Å². The Hall–Kier alpha value is -5.07. The zero-order chi connectivity index (χ0) is 24.9. The standard InChI is InChI=1S/C21H13N5O8/c1-10-4-3-5-11(2)20(10)22-21-14-6-12(23(27)28)8-16(25(31)32)18(14)19-15(21)7-13(24(29)30)9-17(19)26(33)34/h3-9H,1-2H3. The quantitative estimate of drug-likeness (QED) is 0.289. The Balaban J connectivity index is 2.23. The average Bonchev–Trinajstić information content (AvgIpc) is 3.08. The molecule has 170 valence electrons. The number of nitro groups is 4. The highest BCUT2D eigenvalue weighted by Gasteiger charge is 2.41. The molecule has 0 saturated carbocycles. The van der Waals surface area contributed by atoms with Gasteiger partial charge in [0.25, 0.3) is 22.7 Å². The first-order valence-electron chi connectivity index (χ1n) is 9.61. The van der Waals surface area contributed by atoms with E-state index in [2.05, 4.69) is 4.99 Å². The van der Waals surface area contributed by atoms with E-state index in [0.29, 0.717) is 28.9 Å². The summed E-state index contributed by atoms with van der Waals surface area (Å²) >= 11 is 0. The van der Waals surface area contributed by atoms with Crippen molar-refractivity contribution in [2.75, 3.05) is 0 Å². The fourth-order valence-corrected chi connectivity index (χ4v) is 3.98. The van der Waals surface area contributed by atoms with Crippen LogP contribution >= 0.6 is 0 Å². The second kappa shape index (κ2) is 7.81. The van der Waals surface area contributed by atoms with E-state index < -0.39 is 42.4 Å². The predicted octanol–water partition coefficient (Wildman–Crippen LogP) is 5.09. The molecule has 1 aliphatic carbocycles. The Morgan fingerprint density at radius 2 is 1.06 bits per heavy atom. The van der Waals surface area contributed by atoms with Gasteiger partial charge < -0.3 is 0 Å². The van der Waals surface area contributed by atoms with Crippen LogP contribution < -0.4 is 0 Å². The number of aliphatic imine (C=N–C) groups is 1. The van der Waals surface area contributed by atoms with Crippen LogP contribution in [0.5, 0.6) is 0 Å². The predicted molar refractivity (Wildman–Crippen MR) is 120 cm³/mol. The Kier molecular flexibility index (Phi) is 5.08. The van der Waals surface area contributed by atoms with Gasteiger partial charge in [0.05, 0.1) is 54.4 Å². The van der Waals surface area contributed by atoms with Crippen LogP contribution in [0, 0.1) is 54.3 Å². The van der Waals surface area contributed by atoms with Crippen LogP contribution in [0.4, 0.5) is 28.4 Å². The van der Waals surface area contributed by atoms with Crippen LogP contribution in [-0.4, -0.2) is 25.4 Å². The van der Waals surface area contributed by atoms with E-state index in [4.69, 9.17) is 0 Å². The van der Waals surface area contributed by atoms with Crippen molar-refractivity contribution < 1.29 is 19.7 Å². The molecule has 13 nitrogen and oxygen atoms in total. The first-order valence-corrected chi connectivity index (χ1v) is 9.61. The van der Waals surface area contributed by atoms with Crippen LogP contribution in [0.3, 0.4) is 0 Å². The molecule has 0 heterocycles. The number of fused-ring (bicyclic) bond motifs is 3. The van der Waals surface area contributed by atoms with Crippen molar-refractivity contribution in [1.29, 1.82) is 0 Å². The molecule has 0 unspecified atom stereocenters. The van der Waals surface area contributed by atoms with Crippen molar-refractivity contribution in [2.24, 2.45) is 4.99 Å². The lowest BCUT2D eigenvalue weighted by Gasteiger charge is -2.08. The summed E-state index contributed by atoms with van der Waals surface area (Å²) in [4.78, 5) is 47.8. The van der Waals surface area contributed by atoms with E-state index in [1.165, 1.54) is 0 Å². The van der Waals surface area contributed by atoms with Crippen LogP contribution in [0.15, 0.2) is 47.5 Å². The number of hydrogen-bond acceptors (Lipinski definition) is 9. The van der Waals surface area contributed by atoms with Gasteiger partial charge >= 0.3 is 0 Å². The third-order valence-electron chi connectivity index (χ3n) is 5.44. The summed E-state index contributed by atoms with van der Waals surface area (Å²) in [5, 5.41) is 46.7. The van der Waals surface area contributed by atoms with E-state index in [1.54, 1.807) is 32.0 Å². The molecule has 0 spiro atoms. The van der Waals surface area contributed by atoms with Crippen LogP contribution in [0.2, 0.25) is 0 Å². The Bertz CT molecular complexity index is 1390. The lowest BCUT2D eigenvalue weighted by molar-refractivity contribution is -0.395. The Morgan fingerprint density at radius 1 is 0.647 bits per heavy atom. The van der Waals surface area contributed by atoms with E-state index >= 15 is 0 Å². The van der Waals surface area contributed by atoms with Crippen molar-refractivity contribution in [3.05, 3.63) is 105 Å². The molecule has 13 heteroatoms. The minimum absolute atomic E-state index is 0.0685. The molecule has 34 heavy (non-hydrogen) atoms. The summed E-state index contributed by atoms with van der Waals surface area (Å²) in [7, 11) is 0. The molecule has 0 bridgehead atoms. The summed E-state index contributed by atoms with van der Waals surface area (Å²) in [6.45, 7) is 3.49. The Morgan fingerprint density at radius 3 is 1.41 bits per heavy atom. The zero-order valence-corrected chi connectivity index (χ0v) is 17.5. The molecule has 0 aromatic heterocycles. The van der Waals surface area contributed by atoms with Crippen LogP contribution in [-0.2, 0) is 0 Å². The first kappa shape index (κ1) is 22.1. The van der Waals surface area contributed by atoms with Crippen molar-refractivity contribution in [3.63, 3.8) is 0 Å². The largest absolute Gasteiger partial charge is 0.285 e. The van der Waals surface area contributed by atoms with Gasteiger partial charge in [0.1, 0.15) is 0 Å². The molecule has 0 N–H and O–H groups in total. The van der Waals surface area contributed by atoms with Crippen molar-refractivity contribution in [1.82, 2.24) is 0 Å². The normalized spacial score (nSPS) is 11.5. The van der Waals surface area contributed by atoms with E-state index in [1.807, 2.05) is 0 Å². The van der Waals surface area contributed by atoms with Gasteiger partial charge in [0.2, 0.25) is 0 Å². The van der Waals surface area contributed by atoms with E-state index in [9.17, 15) is 40.5 Å². The molecule has 0 amide bonds. The number of hydrogen-bond donors (Lipinski definition) is 0. The van der Waals surface area contributed by atoms with Gasteiger partial charge in [-0.25, -0.2) is 4.99 Å². The second-order valence-electron chi connectivity index (χ2n) is 7.50. The van der Waals surface area contributed by atoms with Crippen molar-refractivity contribution >= 4 is 34.1 Å². The fraction of sp³-hybridized carbons (Fsp3) is 0.0952. The number of non-ortho nitro benzene ring substituents is 2. The van der Waals surface area contributed by atoms with Gasteiger partial charge in [0.15, 0.2) is 0 Å².